The Bertz CT molecular complexity index is 610. The van der Waals surface area contributed by atoms with Crippen molar-refractivity contribution >= 4 is 17.3 Å². The number of aromatic nitrogens is 1. The zero-order valence-corrected chi connectivity index (χ0v) is 10.9. The maximum Gasteiger partial charge on any atom is 0.255 e. The van der Waals surface area contributed by atoms with E-state index in [-0.39, 0.29) is 5.91 Å². The number of pyridine rings is 1. The van der Waals surface area contributed by atoms with E-state index in [0.717, 1.165) is 16.8 Å². The fraction of sp³-hybridized carbons (Fsp3) is 0.143. The standard InChI is InChI=1S/C14H16N4O/c1-9-5-12(8-16-7-9)17-14(19)13-4-3-11(18-15)6-10(13)2/h3-8,18H,15H2,1-2H3,(H,17,19). The van der Waals surface area contributed by atoms with Crippen LogP contribution in [0.2, 0.25) is 0 Å². The zero-order valence-electron chi connectivity index (χ0n) is 10.9. The van der Waals surface area contributed by atoms with Crippen LogP contribution in [0.4, 0.5) is 11.4 Å². The molecule has 0 saturated heterocycles. The molecule has 5 heteroatoms. The van der Waals surface area contributed by atoms with E-state index in [1.807, 2.05) is 26.0 Å². The Kier molecular flexibility index (Phi) is 3.77. The summed E-state index contributed by atoms with van der Waals surface area (Å²) >= 11 is 0. The zero-order chi connectivity index (χ0) is 13.8. The van der Waals surface area contributed by atoms with E-state index in [4.69, 9.17) is 5.84 Å². The molecule has 0 bridgehead atoms. The number of carbonyl (C=O) groups is 1. The second-order valence-corrected chi connectivity index (χ2v) is 4.38. The van der Waals surface area contributed by atoms with Gasteiger partial charge >= 0.3 is 0 Å². The molecular formula is C14H16N4O. The van der Waals surface area contributed by atoms with Gasteiger partial charge in [-0.1, -0.05) is 0 Å². The molecular weight excluding hydrogens is 240 g/mol. The van der Waals surface area contributed by atoms with Gasteiger partial charge in [-0.25, -0.2) is 0 Å². The summed E-state index contributed by atoms with van der Waals surface area (Å²) in [6.07, 6.45) is 3.36. The number of aryl methyl sites for hydroxylation is 2. The van der Waals surface area contributed by atoms with Crippen molar-refractivity contribution in [2.24, 2.45) is 5.84 Å². The average molecular weight is 256 g/mol. The fourth-order valence-corrected chi connectivity index (χ4v) is 1.83. The molecule has 2 rings (SSSR count). The summed E-state index contributed by atoms with van der Waals surface area (Å²) in [7, 11) is 0. The Morgan fingerprint density at radius 1 is 1.16 bits per heavy atom. The van der Waals surface area contributed by atoms with Crippen LogP contribution in [-0.2, 0) is 0 Å². The van der Waals surface area contributed by atoms with Gasteiger partial charge in [0.2, 0.25) is 0 Å². The topological polar surface area (TPSA) is 80.0 Å². The normalized spacial score (nSPS) is 10.1. The van der Waals surface area contributed by atoms with Crippen LogP contribution < -0.4 is 16.6 Å². The Morgan fingerprint density at radius 3 is 2.58 bits per heavy atom. The number of hydrazine groups is 1. The number of carbonyl (C=O) groups excluding carboxylic acids is 1. The van der Waals surface area contributed by atoms with Gasteiger partial charge in [-0.2, -0.15) is 0 Å². The number of benzene rings is 1. The molecule has 1 amide bonds. The second kappa shape index (κ2) is 5.49. The molecule has 0 aliphatic carbocycles. The van der Waals surface area contributed by atoms with Gasteiger partial charge in [-0.05, 0) is 49.2 Å². The molecule has 19 heavy (non-hydrogen) atoms. The SMILES string of the molecule is Cc1cncc(NC(=O)c2ccc(NN)cc2C)c1. The Balaban J connectivity index is 2.20. The number of nitrogens with one attached hydrogen (secondary N) is 2. The molecule has 0 aliphatic rings. The number of rotatable bonds is 3. The fourth-order valence-electron chi connectivity index (χ4n) is 1.83. The molecule has 5 nitrogen and oxygen atoms in total. The van der Waals surface area contributed by atoms with Crippen LogP contribution in [0.3, 0.4) is 0 Å². The van der Waals surface area contributed by atoms with Crippen molar-refractivity contribution in [3.8, 4) is 0 Å². The van der Waals surface area contributed by atoms with Crippen LogP contribution in [0.15, 0.2) is 36.7 Å². The van der Waals surface area contributed by atoms with E-state index in [9.17, 15) is 4.79 Å². The first-order valence-corrected chi connectivity index (χ1v) is 5.90. The third kappa shape index (κ3) is 3.08. The summed E-state index contributed by atoms with van der Waals surface area (Å²) in [5.41, 5.74) is 6.47. The maximum atomic E-state index is 12.2. The summed E-state index contributed by atoms with van der Waals surface area (Å²) in [5, 5.41) is 2.82. The van der Waals surface area contributed by atoms with Crippen LogP contribution >= 0.6 is 0 Å². The number of nitrogen functional groups attached to an aromatic ring is 1. The molecule has 0 atom stereocenters. The maximum absolute atomic E-state index is 12.2. The molecule has 98 valence electrons. The number of amides is 1. The molecule has 1 heterocycles. The number of nitrogens with two attached hydrogens (primary N) is 1. The molecule has 0 fully saturated rings. The minimum atomic E-state index is -0.159. The van der Waals surface area contributed by atoms with Gasteiger partial charge in [-0.15, -0.1) is 0 Å². The van der Waals surface area contributed by atoms with E-state index in [1.165, 1.54) is 0 Å². The monoisotopic (exact) mass is 256 g/mol. The summed E-state index contributed by atoms with van der Waals surface area (Å²) in [6.45, 7) is 3.79. The van der Waals surface area contributed by atoms with Crippen LogP contribution in [0.5, 0.6) is 0 Å². The second-order valence-electron chi connectivity index (χ2n) is 4.38. The lowest BCUT2D eigenvalue weighted by atomic mass is 10.1. The average Bonchev–Trinajstić information content (AvgIpc) is 2.38. The van der Waals surface area contributed by atoms with Gasteiger partial charge < -0.3 is 10.7 Å². The summed E-state index contributed by atoms with van der Waals surface area (Å²) in [4.78, 5) is 16.2. The molecule has 1 aromatic carbocycles. The number of nitrogens with zero attached hydrogens (tertiary/aromatic N) is 1. The quantitative estimate of drug-likeness (QED) is 0.581. The van der Waals surface area contributed by atoms with Crippen LogP contribution in [0, 0.1) is 13.8 Å². The highest BCUT2D eigenvalue weighted by Crippen LogP contribution is 2.16. The van der Waals surface area contributed by atoms with Crippen LogP contribution in [-0.4, -0.2) is 10.9 Å². The van der Waals surface area contributed by atoms with Gasteiger partial charge in [0.05, 0.1) is 11.9 Å². The Labute approximate surface area is 111 Å². The van der Waals surface area contributed by atoms with Crippen molar-refractivity contribution in [2.75, 3.05) is 10.7 Å². The van der Waals surface area contributed by atoms with Gasteiger partial charge in [0.25, 0.3) is 5.91 Å². The highest BCUT2D eigenvalue weighted by molar-refractivity contribution is 6.05. The predicted molar refractivity (Wildman–Crippen MR) is 75.9 cm³/mol. The van der Waals surface area contributed by atoms with Crippen molar-refractivity contribution in [3.63, 3.8) is 0 Å². The first-order valence-electron chi connectivity index (χ1n) is 5.90. The largest absolute Gasteiger partial charge is 0.324 e. The molecule has 0 unspecified atom stereocenters. The Hall–Kier alpha value is -2.40. The number of anilines is 2. The highest BCUT2D eigenvalue weighted by atomic mass is 16.1. The van der Waals surface area contributed by atoms with Crippen molar-refractivity contribution in [1.82, 2.24) is 4.98 Å². The van der Waals surface area contributed by atoms with Crippen molar-refractivity contribution < 1.29 is 4.79 Å². The number of hydrogen-bond donors (Lipinski definition) is 3. The minimum Gasteiger partial charge on any atom is -0.324 e. The predicted octanol–water partition coefficient (Wildman–Crippen LogP) is 2.24. The first kappa shape index (κ1) is 13.0. The van der Waals surface area contributed by atoms with Gasteiger partial charge in [0.1, 0.15) is 0 Å². The van der Waals surface area contributed by atoms with Gasteiger partial charge in [-0.3, -0.25) is 15.6 Å². The van der Waals surface area contributed by atoms with E-state index in [2.05, 4.69) is 15.7 Å². The van der Waals surface area contributed by atoms with Gasteiger partial charge in [0, 0.05) is 17.4 Å². The molecule has 0 aliphatic heterocycles. The summed E-state index contributed by atoms with van der Waals surface area (Å²) in [5.74, 6) is 5.17. The van der Waals surface area contributed by atoms with E-state index in [0.29, 0.717) is 11.3 Å². The summed E-state index contributed by atoms with van der Waals surface area (Å²) in [6, 6.07) is 7.19. The van der Waals surface area contributed by atoms with Crippen molar-refractivity contribution in [1.29, 1.82) is 0 Å². The third-order valence-corrected chi connectivity index (χ3v) is 2.77. The minimum absolute atomic E-state index is 0.159. The molecule has 0 radical (unpaired) electrons. The van der Waals surface area contributed by atoms with E-state index >= 15 is 0 Å². The lowest BCUT2D eigenvalue weighted by molar-refractivity contribution is 0.102. The van der Waals surface area contributed by atoms with Crippen LogP contribution in [0.25, 0.3) is 0 Å². The smallest absolute Gasteiger partial charge is 0.255 e. The third-order valence-electron chi connectivity index (χ3n) is 2.77. The molecule has 0 saturated carbocycles. The van der Waals surface area contributed by atoms with Crippen molar-refractivity contribution in [3.05, 3.63) is 53.3 Å². The van der Waals surface area contributed by atoms with Crippen molar-refractivity contribution in [2.45, 2.75) is 13.8 Å². The summed E-state index contributed by atoms with van der Waals surface area (Å²) < 4.78 is 0. The van der Waals surface area contributed by atoms with E-state index in [1.54, 1.807) is 24.5 Å². The Morgan fingerprint density at radius 2 is 1.95 bits per heavy atom. The molecule has 4 N–H and O–H groups in total. The highest BCUT2D eigenvalue weighted by Gasteiger charge is 2.09. The number of hydrogen-bond acceptors (Lipinski definition) is 4. The molecule has 1 aromatic heterocycles. The van der Waals surface area contributed by atoms with Crippen LogP contribution in [0.1, 0.15) is 21.5 Å². The van der Waals surface area contributed by atoms with Gasteiger partial charge in [0.15, 0.2) is 0 Å². The molecule has 0 spiro atoms. The lowest BCUT2D eigenvalue weighted by Gasteiger charge is -2.09. The first-order chi connectivity index (χ1) is 9.10. The molecule has 2 aromatic rings. The lowest BCUT2D eigenvalue weighted by Crippen LogP contribution is -2.14. The van der Waals surface area contributed by atoms with E-state index < -0.39 is 0 Å².